The van der Waals surface area contributed by atoms with E-state index in [1.807, 2.05) is 25.1 Å². The number of anilines is 3. The smallest absolute Gasteiger partial charge is 0.151 e. The fourth-order valence-electron chi connectivity index (χ4n) is 1.59. The highest BCUT2D eigenvalue weighted by atomic mass is 79.9. The molecule has 0 bridgehead atoms. The third-order valence-corrected chi connectivity index (χ3v) is 4.05. The number of hydrogen-bond acceptors (Lipinski definition) is 3. The van der Waals surface area contributed by atoms with Gasteiger partial charge in [-0.15, -0.1) is 0 Å². The van der Waals surface area contributed by atoms with Crippen LogP contribution in [0.3, 0.4) is 0 Å². The van der Waals surface area contributed by atoms with Crippen molar-refractivity contribution in [2.45, 2.75) is 6.92 Å². The van der Waals surface area contributed by atoms with Gasteiger partial charge in [-0.3, -0.25) is 0 Å². The van der Waals surface area contributed by atoms with Crippen molar-refractivity contribution < 1.29 is 0 Å². The Morgan fingerprint density at radius 2 is 1.79 bits per heavy atom. The van der Waals surface area contributed by atoms with Gasteiger partial charge in [0.2, 0.25) is 0 Å². The van der Waals surface area contributed by atoms with Crippen LogP contribution in [0.4, 0.5) is 17.3 Å². The summed E-state index contributed by atoms with van der Waals surface area (Å²) in [6.45, 7) is 2.02. The standard InChI is InChI=1S/C13H12BrCl2N3/c1-7-5-8(3-4-9(7)14)18-13-11(16)6-10(15)12(17-2)19-13/h3-6H,1-2H3,(H2,17,18,19). The zero-order chi connectivity index (χ0) is 14.0. The molecule has 0 spiro atoms. The van der Waals surface area contributed by atoms with Gasteiger partial charge < -0.3 is 10.6 Å². The van der Waals surface area contributed by atoms with Crippen molar-refractivity contribution in [1.82, 2.24) is 4.98 Å². The van der Waals surface area contributed by atoms with Crippen LogP contribution in [0.25, 0.3) is 0 Å². The molecule has 0 radical (unpaired) electrons. The molecule has 19 heavy (non-hydrogen) atoms. The Balaban J connectivity index is 2.34. The molecule has 2 rings (SSSR count). The molecule has 1 aromatic carbocycles. The van der Waals surface area contributed by atoms with Crippen molar-refractivity contribution in [3.8, 4) is 0 Å². The molecule has 0 atom stereocenters. The van der Waals surface area contributed by atoms with Gasteiger partial charge in [-0.25, -0.2) is 4.98 Å². The van der Waals surface area contributed by atoms with Gasteiger partial charge in [0.15, 0.2) is 5.82 Å². The predicted molar refractivity (Wildman–Crippen MR) is 86.0 cm³/mol. The number of hydrogen-bond donors (Lipinski definition) is 2. The van der Waals surface area contributed by atoms with E-state index in [9.17, 15) is 0 Å². The first-order valence-corrected chi connectivity index (χ1v) is 7.13. The molecule has 6 heteroatoms. The van der Waals surface area contributed by atoms with Crippen LogP contribution in [0.5, 0.6) is 0 Å². The van der Waals surface area contributed by atoms with Crippen molar-refractivity contribution in [2.24, 2.45) is 0 Å². The molecule has 0 fully saturated rings. The Morgan fingerprint density at radius 3 is 2.42 bits per heavy atom. The normalized spacial score (nSPS) is 10.4. The van der Waals surface area contributed by atoms with E-state index in [2.05, 4.69) is 31.5 Å². The van der Waals surface area contributed by atoms with E-state index in [1.165, 1.54) is 0 Å². The SMILES string of the molecule is CNc1nc(Nc2ccc(Br)c(C)c2)c(Cl)cc1Cl. The summed E-state index contributed by atoms with van der Waals surface area (Å²) in [5.74, 6) is 1.15. The van der Waals surface area contributed by atoms with Crippen molar-refractivity contribution in [3.63, 3.8) is 0 Å². The fourth-order valence-corrected chi connectivity index (χ4v) is 2.34. The second kappa shape index (κ2) is 5.99. The second-order valence-electron chi connectivity index (χ2n) is 3.99. The van der Waals surface area contributed by atoms with E-state index < -0.39 is 0 Å². The molecule has 1 heterocycles. The molecule has 100 valence electrons. The number of nitrogens with one attached hydrogen (secondary N) is 2. The van der Waals surface area contributed by atoms with Gasteiger partial charge in [0, 0.05) is 17.2 Å². The minimum atomic E-state index is 0.476. The topological polar surface area (TPSA) is 37.0 Å². The largest absolute Gasteiger partial charge is 0.372 e. The van der Waals surface area contributed by atoms with Crippen molar-refractivity contribution in [3.05, 3.63) is 44.3 Å². The highest BCUT2D eigenvalue weighted by Crippen LogP contribution is 2.31. The van der Waals surface area contributed by atoms with Crippen LogP contribution in [0.15, 0.2) is 28.7 Å². The molecule has 0 saturated heterocycles. The van der Waals surface area contributed by atoms with Gasteiger partial charge in [-0.2, -0.15) is 0 Å². The molecular weight excluding hydrogens is 349 g/mol. The monoisotopic (exact) mass is 359 g/mol. The Morgan fingerprint density at radius 1 is 1.11 bits per heavy atom. The predicted octanol–water partition coefficient (Wildman–Crippen LogP) is 5.24. The Bertz CT molecular complexity index is 617. The zero-order valence-electron chi connectivity index (χ0n) is 10.4. The van der Waals surface area contributed by atoms with Gasteiger partial charge in [0.05, 0.1) is 10.0 Å². The molecular formula is C13H12BrCl2N3. The number of nitrogens with zero attached hydrogens (tertiary/aromatic N) is 1. The van der Waals surface area contributed by atoms with Crippen molar-refractivity contribution in [1.29, 1.82) is 0 Å². The summed E-state index contributed by atoms with van der Waals surface area (Å²) in [5, 5.41) is 7.07. The maximum atomic E-state index is 6.13. The third-order valence-electron chi connectivity index (χ3n) is 2.59. The van der Waals surface area contributed by atoms with E-state index >= 15 is 0 Å². The summed E-state index contributed by atoms with van der Waals surface area (Å²) in [5.41, 5.74) is 2.04. The van der Waals surface area contributed by atoms with Gasteiger partial charge in [0.25, 0.3) is 0 Å². The highest BCUT2D eigenvalue weighted by molar-refractivity contribution is 9.10. The van der Waals surface area contributed by atoms with Crippen LogP contribution < -0.4 is 10.6 Å². The fraction of sp³-hybridized carbons (Fsp3) is 0.154. The lowest BCUT2D eigenvalue weighted by molar-refractivity contribution is 1.27. The molecule has 3 nitrogen and oxygen atoms in total. The average molecular weight is 361 g/mol. The highest BCUT2D eigenvalue weighted by Gasteiger charge is 2.09. The van der Waals surface area contributed by atoms with Crippen LogP contribution in [0, 0.1) is 6.92 Å². The molecule has 0 saturated carbocycles. The summed E-state index contributed by atoms with van der Waals surface area (Å²) >= 11 is 15.6. The zero-order valence-corrected chi connectivity index (χ0v) is 13.5. The maximum Gasteiger partial charge on any atom is 0.151 e. The maximum absolute atomic E-state index is 6.13. The van der Waals surface area contributed by atoms with E-state index in [4.69, 9.17) is 23.2 Å². The first-order chi connectivity index (χ1) is 9.01. The van der Waals surface area contributed by atoms with E-state index in [1.54, 1.807) is 13.1 Å². The summed E-state index contributed by atoms with van der Waals surface area (Å²) in [4.78, 5) is 4.34. The van der Waals surface area contributed by atoms with Gasteiger partial charge in [-0.1, -0.05) is 39.1 Å². The van der Waals surface area contributed by atoms with Crippen LogP contribution in [0.2, 0.25) is 10.0 Å². The lowest BCUT2D eigenvalue weighted by atomic mass is 10.2. The molecule has 1 aromatic heterocycles. The lowest BCUT2D eigenvalue weighted by Gasteiger charge is -2.11. The Kier molecular flexibility index (Phi) is 4.55. The molecule has 0 unspecified atom stereocenters. The minimum absolute atomic E-state index is 0.476. The van der Waals surface area contributed by atoms with E-state index in [0.717, 1.165) is 15.7 Å². The quantitative estimate of drug-likeness (QED) is 0.785. The lowest BCUT2D eigenvalue weighted by Crippen LogP contribution is -2.00. The Hall–Kier alpha value is -0.970. The first kappa shape index (κ1) is 14.4. The molecule has 0 aliphatic carbocycles. The summed E-state index contributed by atoms with van der Waals surface area (Å²) in [6, 6.07) is 7.59. The Labute approximate surface area is 130 Å². The molecule has 0 aliphatic heterocycles. The number of pyridine rings is 1. The number of benzene rings is 1. The number of rotatable bonds is 3. The van der Waals surface area contributed by atoms with Crippen LogP contribution >= 0.6 is 39.1 Å². The van der Waals surface area contributed by atoms with Crippen molar-refractivity contribution in [2.75, 3.05) is 17.7 Å². The van der Waals surface area contributed by atoms with Gasteiger partial charge >= 0.3 is 0 Å². The van der Waals surface area contributed by atoms with E-state index in [0.29, 0.717) is 21.7 Å². The first-order valence-electron chi connectivity index (χ1n) is 5.58. The average Bonchev–Trinajstić information content (AvgIpc) is 2.37. The number of halogens is 3. The van der Waals surface area contributed by atoms with Gasteiger partial charge in [-0.05, 0) is 36.8 Å². The van der Waals surface area contributed by atoms with Gasteiger partial charge in [0.1, 0.15) is 5.82 Å². The summed E-state index contributed by atoms with van der Waals surface area (Å²) in [7, 11) is 1.76. The van der Waals surface area contributed by atoms with Crippen LogP contribution in [0.1, 0.15) is 5.56 Å². The molecule has 0 amide bonds. The van der Waals surface area contributed by atoms with Crippen LogP contribution in [-0.2, 0) is 0 Å². The molecule has 2 aromatic rings. The summed E-state index contributed by atoms with van der Waals surface area (Å²) in [6.07, 6.45) is 0. The third kappa shape index (κ3) is 3.32. The van der Waals surface area contributed by atoms with Crippen LogP contribution in [-0.4, -0.2) is 12.0 Å². The van der Waals surface area contributed by atoms with Crippen molar-refractivity contribution >= 4 is 56.5 Å². The number of aryl methyl sites for hydroxylation is 1. The molecule has 2 N–H and O–H groups in total. The van der Waals surface area contributed by atoms with E-state index in [-0.39, 0.29) is 0 Å². The second-order valence-corrected chi connectivity index (χ2v) is 5.66. The summed E-state index contributed by atoms with van der Waals surface area (Å²) < 4.78 is 1.06. The minimum Gasteiger partial charge on any atom is -0.372 e. The number of aromatic nitrogens is 1. The molecule has 0 aliphatic rings.